The van der Waals surface area contributed by atoms with Crippen LogP contribution < -0.4 is 0 Å². The van der Waals surface area contributed by atoms with Gasteiger partial charge >= 0.3 is 0 Å². The number of aromatic nitrogens is 3. The maximum atomic E-state index is 13.0. The maximum Gasteiger partial charge on any atom is 0.226 e. The highest BCUT2D eigenvalue weighted by molar-refractivity contribution is 6.30. The van der Waals surface area contributed by atoms with E-state index < -0.39 is 5.78 Å². The van der Waals surface area contributed by atoms with Gasteiger partial charge in [-0.1, -0.05) is 12.1 Å². The van der Waals surface area contributed by atoms with Gasteiger partial charge in [0.25, 0.3) is 0 Å². The fourth-order valence-corrected chi connectivity index (χ4v) is 2.44. The summed E-state index contributed by atoms with van der Waals surface area (Å²) in [6.07, 6.45) is 3.89. The zero-order valence-electron chi connectivity index (χ0n) is 12.2. The van der Waals surface area contributed by atoms with E-state index in [1.807, 2.05) is 0 Å². The van der Waals surface area contributed by atoms with Gasteiger partial charge < -0.3 is 9.52 Å². The molecule has 0 radical (unpaired) electrons. The third-order valence-electron chi connectivity index (χ3n) is 3.30. The lowest BCUT2D eigenvalue weighted by atomic mass is 10.0. The average molecular weight is 348 g/mol. The number of halogens is 2. The quantitative estimate of drug-likeness (QED) is 0.418. The number of H-pyrrole nitrogens is 1. The first-order valence-electron chi connectivity index (χ1n) is 6.85. The summed E-state index contributed by atoms with van der Waals surface area (Å²) in [5.41, 5.74) is 1.56. The lowest BCUT2D eigenvalue weighted by Crippen LogP contribution is -2.00. The SMILES string of the molecule is O=C(C=C(O)c1c(Cc2ccc(F)cc2)coc1Cl)c1ncn[nH]1. The van der Waals surface area contributed by atoms with Crippen molar-refractivity contribution in [2.45, 2.75) is 6.42 Å². The van der Waals surface area contributed by atoms with E-state index in [1.165, 1.54) is 24.7 Å². The molecule has 2 N–H and O–H groups in total. The molecule has 24 heavy (non-hydrogen) atoms. The van der Waals surface area contributed by atoms with E-state index in [9.17, 15) is 14.3 Å². The van der Waals surface area contributed by atoms with E-state index >= 15 is 0 Å². The van der Waals surface area contributed by atoms with Crippen LogP contribution in [0, 0.1) is 5.82 Å². The van der Waals surface area contributed by atoms with Crippen LogP contribution in [0.4, 0.5) is 4.39 Å². The molecule has 0 unspecified atom stereocenters. The fraction of sp³-hybridized carbons (Fsp3) is 0.0625. The highest BCUT2D eigenvalue weighted by Crippen LogP contribution is 2.30. The lowest BCUT2D eigenvalue weighted by Gasteiger charge is -2.03. The minimum Gasteiger partial charge on any atom is -0.507 e. The molecule has 2 heterocycles. The summed E-state index contributed by atoms with van der Waals surface area (Å²) in [6.45, 7) is 0. The molecular weight excluding hydrogens is 337 g/mol. The minimum atomic E-state index is -0.560. The maximum absolute atomic E-state index is 13.0. The molecule has 0 aliphatic carbocycles. The number of rotatable bonds is 5. The van der Waals surface area contributed by atoms with E-state index in [1.54, 1.807) is 12.1 Å². The van der Waals surface area contributed by atoms with E-state index in [-0.39, 0.29) is 28.2 Å². The molecule has 0 saturated carbocycles. The number of hydrogen-bond donors (Lipinski definition) is 2. The summed E-state index contributed by atoms with van der Waals surface area (Å²) in [7, 11) is 0. The number of ketones is 1. The molecule has 1 aromatic carbocycles. The van der Waals surface area contributed by atoms with Crippen LogP contribution in [0.25, 0.3) is 5.76 Å². The van der Waals surface area contributed by atoms with Crippen molar-refractivity contribution in [3.8, 4) is 0 Å². The Morgan fingerprint density at radius 1 is 1.38 bits per heavy atom. The molecule has 0 atom stereocenters. The summed E-state index contributed by atoms with van der Waals surface area (Å²) >= 11 is 5.97. The van der Waals surface area contributed by atoms with Gasteiger partial charge in [0.05, 0.1) is 11.8 Å². The van der Waals surface area contributed by atoms with E-state index in [4.69, 9.17) is 16.0 Å². The topological polar surface area (TPSA) is 92.0 Å². The standard InChI is InChI=1S/C16H11ClFN3O3/c17-15-14(12(22)6-13(23)16-19-8-20-21-16)10(7-24-15)5-9-1-3-11(18)4-2-9/h1-4,6-8,22H,5H2,(H,19,20,21). The first-order chi connectivity index (χ1) is 11.5. The number of nitrogens with zero attached hydrogens (tertiary/aromatic N) is 2. The van der Waals surface area contributed by atoms with Crippen molar-refractivity contribution < 1.29 is 18.7 Å². The van der Waals surface area contributed by atoms with E-state index in [0.717, 1.165) is 11.6 Å². The summed E-state index contributed by atoms with van der Waals surface area (Å²) in [5, 5.41) is 16.2. The van der Waals surface area contributed by atoms with Crippen molar-refractivity contribution in [1.29, 1.82) is 0 Å². The first kappa shape index (κ1) is 15.9. The minimum absolute atomic E-state index is 0.0127. The number of furan rings is 1. The second-order valence-corrected chi connectivity index (χ2v) is 5.28. The summed E-state index contributed by atoms with van der Waals surface area (Å²) in [6, 6.07) is 5.89. The van der Waals surface area contributed by atoms with Gasteiger partial charge in [-0.3, -0.25) is 9.89 Å². The average Bonchev–Trinajstić information content (AvgIpc) is 3.20. The highest BCUT2D eigenvalue weighted by Gasteiger charge is 2.18. The molecule has 0 bridgehead atoms. The number of benzene rings is 1. The van der Waals surface area contributed by atoms with Crippen LogP contribution in [-0.2, 0) is 6.42 Å². The molecule has 0 spiro atoms. The number of hydrogen-bond acceptors (Lipinski definition) is 5. The predicted molar refractivity (Wildman–Crippen MR) is 84.2 cm³/mol. The molecule has 6 nitrogen and oxygen atoms in total. The Hall–Kier alpha value is -2.93. The molecule has 2 aromatic heterocycles. The number of aromatic amines is 1. The Labute approximate surface area is 140 Å². The number of carbonyl (C=O) groups is 1. The molecule has 0 aliphatic rings. The zero-order valence-corrected chi connectivity index (χ0v) is 12.9. The van der Waals surface area contributed by atoms with Crippen LogP contribution in [0.5, 0.6) is 0 Å². The molecule has 3 aromatic rings. The second-order valence-electron chi connectivity index (χ2n) is 4.94. The summed E-state index contributed by atoms with van der Waals surface area (Å²) < 4.78 is 18.1. The number of allylic oxidation sites excluding steroid dienone is 1. The molecule has 0 saturated heterocycles. The molecule has 0 fully saturated rings. The zero-order chi connectivity index (χ0) is 17.1. The van der Waals surface area contributed by atoms with E-state index in [0.29, 0.717) is 12.0 Å². The first-order valence-corrected chi connectivity index (χ1v) is 7.23. The lowest BCUT2D eigenvalue weighted by molar-refractivity contribution is 0.103. The van der Waals surface area contributed by atoms with Crippen LogP contribution in [0.15, 0.2) is 47.3 Å². The predicted octanol–water partition coefficient (Wildman–Crippen LogP) is 3.56. The highest BCUT2D eigenvalue weighted by atomic mass is 35.5. The smallest absolute Gasteiger partial charge is 0.226 e. The number of carbonyl (C=O) groups excluding carboxylic acids is 1. The van der Waals surface area contributed by atoms with Gasteiger partial charge in [0, 0.05) is 18.1 Å². The Bertz CT molecular complexity index is 886. The van der Waals surface area contributed by atoms with Crippen molar-refractivity contribution >= 4 is 23.1 Å². The largest absolute Gasteiger partial charge is 0.507 e. The number of nitrogens with one attached hydrogen (secondary N) is 1. The monoisotopic (exact) mass is 347 g/mol. The molecule has 0 aliphatic heterocycles. The van der Waals surface area contributed by atoms with Gasteiger partial charge in [-0.25, -0.2) is 9.37 Å². The van der Waals surface area contributed by atoms with Gasteiger partial charge in [0.15, 0.2) is 5.82 Å². The van der Waals surface area contributed by atoms with Crippen LogP contribution >= 0.6 is 11.6 Å². The number of aliphatic hydroxyl groups is 1. The van der Waals surface area contributed by atoms with Gasteiger partial charge in [0.2, 0.25) is 11.0 Å². The van der Waals surface area contributed by atoms with Crippen molar-refractivity contribution in [1.82, 2.24) is 15.2 Å². The molecule has 8 heteroatoms. The third kappa shape index (κ3) is 3.36. The normalized spacial score (nSPS) is 11.7. The van der Waals surface area contributed by atoms with Gasteiger partial charge in [-0.2, -0.15) is 5.10 Å². The van der Waals surface area contributed by atoms with Crippen molar-refractivity contribution in [2.24, 2.45) is 0 Å². The number of aliphatic hydroxyl groups excluding tert-OH is 1. The third-order valence-corrected chi connectivity index (χ3v) is 3.58. The molecular formula is C16H11ClFN3O3. The fourth-order valence-electron chi connectivity index (χ4n) is 2.17. The van der Waals surface area contributed by atoms with Gasteiger partial charge in [0.1, 0.15) is 17.9 Å². The Kier molecular flexibility index (Phi) is 4.43. The van der Waals surface area contributed by atoms with Gasteiger partial charge in [-0.15, -0.1) is 0 Å². The molecule has 0 amide bonds. The van der Waals surface area contributed by atoms with Crippen LogP contribution in [0.1, 0.15) is 27.3 Å². The molecule has 122 valence electrons. The summed E-state index contributed by atoms with van der Waals surface area (Å²) in [5.74, 6) is -1.27. The van der Waals surface area contributed by atoms with Crippen LogP contribution in [-0.4, -0.2) is 26.1 Å². The second kappa shape index (κ2) is 6.67. The van der Waals surface area contributed by atoms with E-state index in [2.05, 4.69) is 15.2 Å². The summed E-state index contributed by atoms with van der Waals surface area (Å²) in [4.78, 5) is 15.7. The molecule has 3 rings (SSSR count). The Balaban J connectivity index is 1.89. The van der Waals surface area contributed by atoms with Crippen molar-refractivity contribution in [3.05, 3.63) is 76.5 Å². The Morgan fingerprint density at radius 2 is 2.12 bits per heavy atom. The van der Waals surface area contributed by atoms with Crippen molar-refractivity contribution in [2.75, 3.05) is 0 Å². The Morgan fingerprint density at radius 3 is 2.79 bits per heavy atom. The van der Waals surface area contributed by atoms with Gasteiger partial charge in [-0.05, 0) is 29.3 Å². The van der Waals surface area contributed by atoms with Crippen LogP contribution in [0.3, 0.4) is 0 Å². The van der Waals surface area contributed by atoms with Crippen LogP contribution in [0.2, 0.25) is 5.22 Å². The van der Waals surface area contributed by atoms with Crippen molar-refractivity contribution in [3.63, 3.8) is 0 Å².